The first kappa shape index (κ1) is 12.9. The average Bonchev–Trinajstić information content (AvgIpc) is 2.17. The van der Waals surface area contributed by atoms with Crippen molar-refractivity contribution in [1.82, 2.24) is 9.62 Å². The fourth-order valence-corrected chi connectivity index (χ4v) is 3.08. The Kier molecular flexibility index (Phi) is 4.55. The topological polar surface area (TPSA) is 49.4 Å². The van der Waals surface area contributed by atoms with E-state index in [0.29, 0.717) is 25.0 Å². The largest absolute Gasteiger partial charge is 0.317 e. The summed E-state index contributed by atoms with van der Waals surface area (Å²) in [6.45, 7) is 3.54. The maximum absolute atomic E-state index is 11.4. The lowest BCUT2D eigenvalue weighted by molar-refractivity contribution is 0.243. The molecule has 5 heteroatoms. The fourth-order valence-electron chi connectivity index (χ4n) is 2.14. The molecule has 0 saturated carbocycles. The van der Waals surface area contributed by atoms with Crippen molar-refractivity contribution in [2.75, 3.05) is 26.4 Å². The van der Waals surface area contributed by atoms with Gasteiger partial charge in [-0.2, -0.15) is 0 Å². The number of hydrogen-bond donors (Lipinski definition) is 1. The highest BCUT2D eigenvalue weighted by Crippen LogP contribution is 2.22. The zero-order chi connectivity index (χ0) is 11.5. The van der Waals surface area contributed by atoms with Gasteiger partial charge in [0.25, 0.3) is 0 Å². The van der Waals surface area contributed by atoms with Crippen molar-refractivity contribution in [2.24, 2.45) is 5.92 Å². The molecular weight excluding hydrogens is 212 g/mol. The van der Waals surface area contributed by atoms with Gasteiger partial charge in [-0.1, -0.05) is 0 Å². The van der Waals surface area contributed by atoms with Gasteiger partial charge in [0.15, 0.2) is 0 Å². The van der Waals surface area contributed by atoms with Crippen LogP contribution in [0.5, 0.6) is 0 Å². The van der Waals surface area contributed by atoms with E-state index < -0.39 is 10.0 Å². The third kappa shape index (κ3) is 4.09. The van der Waals surface area contributed by atoms with Crippen LogP contribution in [-0.2, 0) is 10.0 Å². The first-order valence-electron chi connectivity index (χ1n) is 5.56. The zero-order valence-corrected chi connectivity index (χ0v) is 10.7. The molecule has 0 aromatic heterocycles. The van der Waals surface area contributed by atoms with Crippen LogP contribution in [0.2, 0.25) is 0 Å². The third-order valence-corrected chi connectivity index (χ3v) is 4.40. The van der Waals surface area contributed by atoms with E-state index in [1.54, 1.807) is 4.31 Å². The number of sulfonamides is 1. The van der Waals surface area contributed by atoms with Crippen molar-refractivity contribution in [3.8, 4) is 0 Å². The van der Waals surface area contributed by atoms with Crippen LogP contribution in [0.1, 0.15) is 26.2 Å². The van der Waals surface area contributed by atoms with Crippen molar-refractivity contribution < 1.29 is 8.42 Å². The van der Waals surface area contributed by atoms with Gasteiger partial charge < -0.3 is 5.32 Å². The second-order valence-corrected chi connectivity index (χ2v) is 6.54. The van der Waals surface area contributed by atoms with Crippen molar-refractivity contribution >= 4 is 10.0 Å². The van der Waals surface area contributed by atoms with Gasteiger partial charge in [-0.25, -0.2) is 12.7 Å². The van der Waals surface area contributed by atoms with Crippen molar-refractivity contribution in [1.29, 1.82) is 0 Å². The normalized spacial score (nSPS) is 26.5. The van der Waals surface area contributed by atoms with Gasteiger partial charge >= 0.3 is 0 Å². The molecule has 0 radical (unpaired) electrons. The molecule has 0 aromatic carbocycles. The lowest BCUT2D eigenvalue weighted by Gasteiger charge is -2.32. The van der Waals surface area contributed by atoms with Crippen molar-refractivity contribution in [2.45, 2.75) is 32.2 Å². The van der Waals surface area contributed by atoms with Gasteiger partial charge in [0.1, 0.15) is 0 Å². The highest BCUT2D eigenvalue weighted by atomic mass is 32.2. The monoisotopic (exact) mass is 234 g/mol. The first-order chi connectivity index (χ1) is 6.93. The molecule has 1 N–H and O–H groups in total. The van der Waals surface area contributed by atoms with Gasteiger partial charge in [0.2, 0.25) is 10.0 Å². The van der Waals surface area contributed by atoms with Crippen LogP contribution in [-0.4, -0.2) is 45.2 Å². The van der Waals surface area contributed by atoms with E-state index in [1.807, 2.05) is 7.05 Å². The maximum atomic E-state index is 11.4. The Hall–Kier alpha value is -0.130. The number of nitrogens with one attached hydrogen (secondary N) is 1. The molecule has 0 amide bonds. The molecule has 1 aliphatic heterocycles. The molecule has 1 aliphatic rings. The average molecular weight is 234 g/mol. The van der Waals surface area contributed by atoms with E-state index in [2.05, 4.69) is 12.2 Å². The van der Waals surface area contributed by atoms with Gasteiger partial charge in [0.05, 0.1) is 6.26 Å². The molecule has 1 fully saturated rings. The van der Waals surface area contributed by atoms with Gasteiger partial charge in [-0.05, 0) is 39.2 Å². The number of hydrogen-bond acceptors (Lipinski definition) is 3. The second-order valence-electron chi connectivity index (χ2n) is 4.55. The molecule has 2 unspecified atom stereocenters. The first-order valence-corrected chi connectivity index (χ1v) is 7.40. The summed E-state index contributed by atoms with van der Waals surface area (Å²) in [5.74, 6) is 0.510. The molecule has 0 spiro atoms. The molecule has 1 saturated heterocycles. The summed E-state index contributed by atoms with van der Waals surface area (Å²) in [6, 6.07) is 0.467. The quantitative estimate of drug-likeness (QED) is 0.777. The SMILES string of the molecule is CNC(C)CC1CCCN(S(C)(=O)=O)C1. The minimum absolute atomic E-state index is 0.467. The van der Waals surface area contributed by atoms with Crippen LogP contribution in [0.3, 0.4) is 0 Å². The summed E-state index contributed by atoms with van der Waals surface area (Å²) in [6.07, 6.45) is 4.51. The zero-order valence-electron chi connectivity index (χ0n) is 9.86. The van der Waals surface area contributed by atoms with Crippen LogP contribution >= 0.6 is 0 Å². The van der Waals surface area contributed by atoms with E-state index in [9.17, 15) is 8.42 Å². The molecule has 4 nitrogen and oxygen atoms in total. The minimum Gasteiger partial charge on any atom is -0.317 e. The van der Waals surface area contributed by atoms with Crippen molar-refractivity contribution in [3.05, 3.63) is 0 Å². The lowest BCUT2D eigenvalue weighted by atomic mass is 9.93. The Morgan fingerprint density at radius 1 is 1.53 bits per heavy atom. The second kappa shape index (κ2) is 5.27. The van der Waals surface area contributed by atoms with Gasteiger partial charge in [-0.15, -0.1) is 0 Å². The Morgan fingerprint density at radius 3 is 2.73 bits per heavy atom. The Bertz CT molecular complexity index is 290. The Morgan fingerprint density at radius 2 is 2.20 bits per heavy atom. The summed E-state index contributed by atoms with van der Waals surface area (Å²) < 4.78 is 24.4. The summed E-state index contributed by atoms with van der Waals surface area (Å²) in [4.78, 5) is 0. The third-order valence-electron chi connectivity index (χ3n) is 3.13. The summed E-state index contributed by atoms with van der Waals surface area (Å²) in [5.41, 5.74) is 0. The van der Waals surface area contributed by atoms with Gasteiger partial charge in [-0.3, -0.25) is 0 Å². The van der Waals surface area contributed by atoms with Crippen molar-refractivity contribution in [3.63, 3.8) is 0 Å². The van der Waals surface area contributed by atoms with E-state index >= 15 is 0 Å². The standard InChI is InChI=1S/C10H22N2O2S/c1-9(11-2)7-10-5-4-6-12(8-10)15(3,13)14/h9-11H,4-8H2,1-3H3. The molecule has 0 aromatic rings. The minimum atomic E-state index is -2.99. The molecule has 15 heavy (non-hydrogen) atoms. The Balaban J connectivity index is 2.49. The molecule has 2 atom stereocenters. The Labute approximate surface area is 93.1 Å². The number of nitrogens with zero attached hydrogens (tertiary/aromatic N) is 1. The molecular formula is C10H22N2O2S. The summed E-state index contributed by atoms with van der Waals surface area (Å²) in [7, 11) is -1.04. The van der Waals surface area contributed by atoms with E-state index in [0.717, 1.165) is 19.3 Å². The van der Waals surface area contributed by atoms with Gasteiger partial charge in [0, 0.05) is 19.1 Å². The smallest absolute Gasteiger partial charge is 0.211 e. The highest BCUT2D eigenvalue weighted by Gasteiger charge is 2.26. The number of rotatable bonds is 4. The summed E-state index contributed by atoms with van der Waals surface area (Å²) in [5, 5.41) is 3.20. The summed E-state index contributed by atoms with van der Waals surface area (Å²) >= 11 is 0. The van der Waals surface area contributed by atoms with Crippen LogP contribution in [0.4, 0.5) is 0 Å². The molecule has 0 aliphatic carbocycles. The fraction of sp³-hybridized carbons (Fsp3) is 1.00. The van der Waals surface area contributed by atoms with E-state index in [-0.39, 0.29) is 0 Å². The van der Waals surface area contributed by atoms with Crippen LogP contribution in [0.15, 0.2) is 0 Å². The van der Waals surface area contributed by atoms with E-state index in [1.165, 1.54) is 6.26 Å². The highest BCUT2D eigenvalue weighted by molar-refractivity contribution is 7.88. The predicted molar refractivity (Wildman–Crippen MR) is 62.3 cm³/mol. The molecule has 90 valence electrons. The number of piperidine rings is 1. The van der Waals surface area contributed by atoms with Crippen LogP contribution in [0.25, 0.3) is 0 Å². The predicted octanol–water partition coefficient (Wildman–Crippen LogP) is 0.656. The van der Waals surface area contributed by atoms with Crippen LogP contribution in [0, 0.1) is 5.92 Å². The molecule has 1 rings (SSSR count). The molecule has 0 bridgehead atoms. The maximum Gasteiger partial charge on any atom is 0.211 e. The lowest BCUT2D eigenvalue weighted by Crippen LogP contribution is -2.40. The van der Waals surface area contributed by atoms with E-state index in [4.69, 9.17) is 0 Å². The molecule has 1 heterocycles. The van der Waals surface area contributed by atoms with Crippen LogP contribution < -0.4 is 5.32 Å².